The molecular formula is C74H148N8O55. The van der Waals surface area contributed by atoms with Crippen LogP contribution < -0.4 is 45.5 Å². The third kappa shape index (κ3) is 35.4. The van der Waals surface area contributed by atoms with Gasteiger partial charge in [0, 0.05) is 46.2 Å². The summed E-state index contributed by atoms with van der Waals surface area (Å²) >= 11 is 0. The minimum absolute atomic E-state index is 0.0141. The lowest BCUT2D eigenvalue weighted by molar-refractivity contribution is -0.367. The Bertz CT molecular complexity index is 3120. The molecule has 137 heavy (non-hydrogen) atoms. The van der Waals surface area contributed by atoms with E-state index in [1.165, 1.54) is 6.92 Å². The van der Waals surface area contributed by atoms with Gasteiger partial charge in [-0.1, -0.05) is 0 Å². The van der Waals surface area contributed by atoms with Crippen molar-refractivity contribution in [2.75, 3.05) is 138 Å². The van der Waals surface area contributed by atoms with Gasteiger partial charge in [0.05, 0.1) is 111 Å². The number of hydrogen-bond donors (Lipinski definition) is 43. The fraction of sp³-hybridized carbons (Fsp3) is 0.986. The second kappa shape index (κ2) is 63.5. The summed E-state index contributed by atoms with van der Waals surface area (Å²) in [4.78, 5) is 11.0. The molecule has 63 nitrogen and oxygen atoms in total. The molecule has 0 spiro atoms. The molecule has 10 fully saturated rings. The first-order valence-electron chi connectivity index (χ1n) is 43.4. The summed E-state index contributed by atoms with van der Waals surface area (Å²) in [6.07, 6.45) is -65.2. The summed E-state index contributed by atoms with van der Waals surface area (Å²) in [7, 11) is 0. The highest BCUT2D eigenvalue weighted by atomic mass is 16.8. The first-order chi connectivity index (χ1) is 64.8. The summed E-state index contributed by atoms with van der Waals surface area (Å²) < 4.78 is 99.3. The molecule has 10 heterocycles. The third-order valence-corrected chi connectivity index (χ3v) is 22.1. The fourth-order valence-electron chi connectivity index (χ4n) is 14.1. The van der Waals surface area contributed by atoms with Crippen LogP contribution in [0.2, 0.25) is 0 Å². The standard InChI is InChI=1S/C20H37NO16.C14H27NO11.C10H20N2O6.2C8H17NO6.C8H17NO5.C6H13NO5/c21-1-2-32-19-16(31)17(37-20-15(30)13(28)10(25)7(4-23)35-20)11(26)8(36-19)5-33-18-14(29)12(27)9(24)6(3-22)34-18;15-1-2-23-14-12(10(21)8(19)6(4-17)25-14)26-13-11(22)9(20)7(18)5(3-16)24-13;1-5(14)12-7-9(16)8(15)6(4-13)18-10(7)17-3-2-11;2*9-1-2-14-8-7(13)6(12)5(11)4(3-10)15-8;1-4-5(10)6(11)7(12)8(14-4)13-3-2-9;7-3-5(10)4(9)2(1-8)12-6(3)11/h6-20,22-31H,1-5,21H2;5-14,16-22H,1-4,15H2;6-10,13,15-16H,2-4,11H2,1H3,(H,12,14);2*4-8,10-13H,1-3,9H2;4-8,10-12H,2-3,9H2,1H3;2-6,8-11H,1,7H2/t6-,7-,8-,9-,10-,11-,12+,13+,14+,15+,16+,17+,18+,19+,20-;5-,6-,7-,8-,9+,10+,11+,12+,13-,14+;6-,7-,8-,9-,10-;4-,5-,6+,7+,8+;4-,5-,6+,7-,8+;4-,5+,6+,7-,8-;2-,3+,4-,5-,6?/m1111101/s1. The normalized spacial score (nSPS) is 45.0. The Morgan fingerprint density at radius 1 is 0.248 bits per heavy atom. The van der Waals surface area contributed by atoms with E-state index in [1.807, 2.05) is 0 Å². The molecule has 10 rings (SSSR count). The van der Waals surface area contributed by atoms with Crippen molar-refractivity contribution in [2.24, 2.45) is 40.1 Å². The average molecular weight is 2030 g/mol. The lowest BCUT2D eigenvalue weighted by Crippen LogP contribution is -2.65. The highest BCUT2D eigenvalue weighted by Gasteiger charge is 2.56. The lowest BCUT2D eigenvalue weighted by atomic mass is 9.96. The quantitative estimate of drug-likeness (QED) is 0.0284. The smallest absolute Gasteiger partial charge is 0.217 e. The highest BCUT2D eigenvalue weighted by molar-refractivity contribution is 5.73. The van der Waals surface area contributed by atoms with Crippen molar-refractivity contribution in [3.05, 3.63) is 0 Å². The molecule has 814 valence electrons. The van der Waals surface area contributed by atoms with Crippen LogP contribution in [0.25, 0.3) is 0 Å². The Morgan fingerprint density at radius 3 is 0.825 bits per heavy atom. The van der Waals surface area contributed by atoms with Crippen LogP contribution in [0, 0.1) is 0 Å². The zero-order valence-corrected chi connectivity index (χ0v) is 74.6. The Balaban J connectivity index is 0.000000347. The van der Waals surface area contributed by atoms with Crippen LogP contribution >= 0.6 is 0 Å². The number of amides is 1. The molecule has 50 N–H and O–H groups in total. The number of aliphatic hydroxyl groups is 35. The highest BCUT2D eigenvalue weighted by Crippen LogP contribution is 2.35. The predicted molar refractivity (Wildman–Crippen MR) is 439 cm³/mol. The molecule has 50 atom stereocenters. The summed E-state index contributed by atoms with van der Waals surface area (Å²) in [5.74, 6) is -0.390. The number of carbonyl (C=O) groups excluding carboxylic acids is 1. The maximum atomic E-state index is 11.0. The first kappa shape index (κ1) is 126. The Labute approximate surface area is 781 Å². The summed E-state index contributed by atoms with van der Waals surface area (Å²) in [6.45, 7) is -0.363. The van der Waals surface area contributed by atoms with Gasteiger partial charge in [-0.2, -0.15) is 0 Å². The molecule has 0 aromatic carbocycles. The maximum Gasteiger partial charge on any atom is 0.217 e. The molecule has 0 aromatic rings. The Morgan fingerprint density at radius 2 is 0.489 bits per heavy atom. The van der Waals surface area contributed by atoms with Crippen LogP contribution in [0.5, 0.6) is 0 Å². The van der Waals surface area contributed by atoms with Gasteiger partial charge in [0.25, 0.3) is 0 Å². The molecule has 0 aromatic heterocycles. The molecule has 0 aliphatic carbocycles. The molecule has 10 aliphatic heterocycles. The van der Waals surface area contributed by atoms with Gasteiger partial charge in [-0.25, -0.2) is 0 Å². The van der Waals surface area contributed by atoms with Crippen molar-refractivity contribution in [2.45, 2.75) is 321 Å². The topological polar surface area (TPSA) is 1090 Å². The van der Waals surface area contributed by atoms with Crippen molar-refractivity contribution >= 4 is 5.91 Å². The molecule has 10 saturated heterocycles. The molecular weight excluding hydrogens is 1880 g/mol. The SMILES string of the molecule is CC(=O)N[C@H]1[C@H](OCCN)O[C@H](CO)[C@@H](O)[C@@H]1O.C[C@@H]1O[C@H](OCCN)[C@@H](O)[C@H](O)[C@@H]1O.NCCO[C@H]1O[C@H](CO)[C@@H](O)[C@H](O)[C@@H]1O.NCCO[C@H]1O[C@H](CO)[C@@H](O)[C@H](O)[C@@H]1O[C@H]1O[C@H](CO)[C@@H](O)[C@H](O)[C@@H]1O.NCCO[C@H]1O[C@H](CO)[C@@H](O)[C@H](O)[C@H]1O.NCCO[C@H]1O[C@H](CO[C@H]2O[C@H](CO)[C@@H](O)[C@H](O)[C@@H]2O)[C@@H](O)[C@H](O[C@H]2O[C@H](CO)[C@@H](O)[C@H](O)[C@@H]2O)[C@@H]1O.N[C@@H]1C(O)O[C@H](CO)[C@@H](O)[C@@H]1O. The van der Waals surface area contributed by atoms with Crippen LogP contribution in [0.15, 0.2) is 0 Å². The van der Waals surface area contributed by atoms with E-state index < -0.39 is 372 Å². The number of hydrogen-bond acceptors (Lipinski definition) is 62. The lowest BCUT2D eigenvalue weighted by Gasteiger charge is -2.46. The third-order valence-electron chi connectivity index (χ3n) is 22.1. The zero-order chi connectivity index (χ0) is 103. The van der Waals surface area contributed by atoms with Crippen molar-refractivity contribution in [3.63, 3.8) is 0 Å². The zero-order valence-electron chi connectivity index (χ0n) is 74.6. The van der Waals surface area contributed by atoms with Crippen LogP contribution in [0.1, 0.15) is 13.8 Å². The van der Waals surface area contributed by atoms with Crippen molar-refractivity contribution < 1.29 is 274 Å². The second-order valence-corrected chi connectivity index (χ2v) is 32.1. The summed E-state index contributed by atoms with van der Waals surface area (Å²) in [6, 6.07) is -1.95. The number of nitrogens with two attached hydrogens (primary N) is 7. The van der Waals surface area contributed by atoms with Gasteiger partial charge < -0.3 is 314 Å². The summed E-state index contributed by atoms with van der Waals surface area (Å²) in [5.41, 5.74) is 37.0. The van der Waals surface area contributed by atoms with Gasteiger partial charge in [0.15, 0.2) is 62.9 Å². The minimum atomic E-state index is -1.83. The van der Waals surface area contributed by atoms with Crippen LogP contribution in [-0.4, -0.2) is 630 Å². The van der Waals surface area contributed by atoms with E-state index in [2.05, 4.69) is 5.32 Å². The van der Waals surface area contributed by atoms with Gasteiger partial charge in [0.1, 0.15) is 232 Å². The van der Waals surface area contributed by atoms with Gasteiger partial charge >= 0.3 is 0 Å². The van der Waals surface area contributed by atoms with Gasteiger partial charge in [0.2, 0.25) is 5.91 Å². The fourth-order valence-corrected chi connectivity index (χ4v) is 14.1. The van der Waals surface area contributed by atoms with Crippen LogP contribution in [0.4, 0.5) is 0 Å². The van der Waals surface area contributed by atoms with Crippen LogP contribution in [-0.2, 0) is 94.8 Å². The van der Waals surface area contributed by atoms with Crippen molar-refractivity contribution in [1.29, 1.82) is 0 Å². The van der Waals surface area contributed by atoms with E-state index in [1.54, 1.807) is 6.92 Å². The van der Waals surface area contributed by atoms with Crippen molar-refractivity contribution in [3.8, 4) is 0 Å². The number of aliphatic hydroxyl groups excluding tert-OH is 35. The monoisotopic (exact) mass is 2030 g/mol. The van der Waals surface area contributed by atoms with E-state index in [0.29, 0.717) is 6.54 Å². The minimum Gasteiger partial charge on any atom is -0.394 e. The molecule has 63 heteroatoms. The molecule has 1 unspecified atom stereocenters. The molecule has 0 bridgehead atoms. The first-order valence-corrected chi connectivity index (χ1v) is 43.4. The van der Waals surface area contributed by atoms with E-state index in [0.717, 1.165) is 0 Å². The van der Waals surface area contributed by atoms with E-state index in [9.17, 15) is 158 Å². The summed E-state index contributed by atoms with van der Waals surface area (Å²) in [5, 5.41) is 338. The number of ether oxygens (including phenoxy) is 19. The predicted octanol–water partition coefficient (Wildman–Crippen LogP) is -28.0. The van der Waals surface area contributed by atoms with E-state index >= 15 is 0 Å². The molecule has 0 saturated carbocycles. The van der Waals surface area contributed by atoms with Crippen molar-refractivity contribution in [1.82, 2.24) is 5.32 Å². The molecule has 10 aliphatic rings. The maximum absolute atomic E-state index is 11.0. The number of rotatable bonds is 34. The van der Waals surface area contributed by atoms with Gasteiger partial charge in [-0.15, -0.1) is 0 Å². The van der Waals surface area contributed by atoms with E-state index in [-0.39, 0.29) is 72.4 Å². The van der Waals surface area contributed by atoms with E-state index in [4.69, 9.17) is 156 Å². The molecule has 1 amide bonds. The Kier molecular flexibility index (Phi) is 58.6. The largest absolute Gasteiger partial charge is 0.394 e. The van der Waals surface area contributed by atoms with Crippen LogP contribution in [0.3, 0.4) is 0 Å². The second-order valence-electron chi connectivity index (χ2n) is 32.1. The molecule has 0 radical (unpaired) electrons. The van der Waals surface area contributed by atoms with Gasteiger partial charge in [-0.3, -0.25) is 4.79 Å². The van der Waals surface area contributed by atoms with Gasteiger partial charge in [-0.05, 0) is 6.92 Å². The number of carbonyl (C=O) groups is 1. The average Bonchev–Trinajstić information content (AvgIpc) is 0.730. The number of nitrogens with one attached hydrogen (secondary N) is 1. The Hall–Kier alpha value is -2.97.